The Bertz CT molecular complexity index is 481. The zero-order valence-corrected chi connectivity index (χ0v) is 12.6. The van der Waals surface area contributed by atoms with Gasteiger partial charge in [0.1, 0.15) is 11.7 Å². The molecule has 0 aromatic heterocycles. The fourth-order valence-electron chi connectivity index (χ4n) is 1.43. The van der Waals surface area contributed by atoms with Crippen LogP contribution in [0.15, 0.2) is 37.7 Å². The maximum Gasteiger partial charge on any atom is 0.131 e. The van der Waals surface area contributed by atoms with Gasteiger partial charge in [-0.25, -0.2) is 0 Å². The molecule has 2 N–H and O–H groups in total. The molecule has 0 unspecified atom stereocenters. The Morgan fingerprint density at radius 2 is 1.31 bits per heavy atom. The molecule has 16 heavy (non-hydrogen) atoms. The molecule has 1 aliphatic heterocycles. The lowest BCUT2D eigenvalue weighted by Crippen LogP contribution is -2.29. The van der Waals surface area contributed by atoms with Crippen LogP contribution in [0.5, 0.6) is 0 Å². The number of hydrogen-bond acceptors (Lipinski definition) is 2. The molecule has 1 aliphatic rings. The van der Waals surface area contributed by atoms with Gasteiger partial charge in [0, 0.05) is 13.4 Å². The third kappa shape index (κ3) is 2.01. The summed E-state index contributed by atoms with van der Waals surface area (Å²) in [5.41, 5.74) is 0.767. The molecule has 0 saturated heterocycles. The molecule has 1 heterocycles. The Balaban J connectivity index is 2.57. The Morgan fingerprint density at radius 1 is 0.875 bits per heavy atom. The predicted molar refractivity (Wildman–Crippen MR) is 76.6 cm³/mol. The molecule has 0 spiro atoms. The van der Waals surface area contributed by atoms with Gasteiger partial charge < -0.3 is 0 Å². The second-order valence-electron chi connectivity index (χ2n) is 3.16. The van der Waals surface area contributed by atoms with Crippen LogP contribution < -0.4 is 4.90 Å². The highest BCUT2D eigenvalue weighted by Gasteiger charge is 2.23. The summed E-state index contributed by atoms with van der Waals surface area (Å²) in [5, 5.41) is 15.5. The van der Waals surface area contributed by atoms with Crippen LogP contribution in [0.1, 0.15) is 0 Å². The van der Waals surface area contributed by atoms with Crippen molar-refractivity contribution in [2.24, 2.45) is 0 Å². The lowest BCUT2D eigenvalue weighted by Gasteiger charge is -2.21. The largest absolute Gasteiger partial charge is 0.284 e. The van der Waals surface area contributed by atoms with E-state index < -0.39 is 0 Å². The van der Waals surface area contributed by atoms with E-state index in [-0.39, 0.29) is 11.7 Å². The average Bonchev–Trinajstić information content (AvgIpc) is 2.47. The zero-order chi connectivity index (χ0) is 11.9. The normalized spacial score (nSPS) is 15.1. The van der Waals surface area contributed by atoms with Crippen LogP contribution in [-0.4, -0.2) is 11.7 Å². The van der Waals surface area contributed by atoms with Crippen molar-refractivity contribution in [3.8, 4) is 0 Å². The van der Waals surface area contributed by atoms with Gasteiger partial charge in [-0.1, -0.05) is 15.9 Å². The lowest BCUT2D eigenvalue weighted by atomic mass is 10.3. The van der Waals surface area contributed by atoms with Gasteiger partial charge in [-0.2, -0.15) is 0 Å². The van der Waals surface area contributed by atoms with Crippen molar-refractivity contribution >= 4 is 65.1 Å². The molecule has 3 nitrogen and oxygen atoms in total. The van der Waals surface area contributed by atoms with Gasteiger partial charge in [-0.15, -0.1) is 0 Å². The fraction of sp³-hybridized carbons (Fsp3) is 0. The number of rotatable bonds is 1. The van der Waals surface area contributed by atoms with Crippen LogP contribution in [0, 0.1) is 10.8 Å². The van der Waals surface area contributed by atoms with E-state index in [2.05, 4.69) is 47.8 Å². The Kier molecular flexibility index (Phi) is 3.32. The standard InChI is InChI=1S/C10H6Br3N3/c11-5-3-6(12)10(7(13)4-5)16-8(14)1-2-9(16)15/h1-4,14-15H. The Hall–Kier alpha value is -0.460. The molecule has 0 atom stereocenters. The molecule has 0 amide bonds. The van der Waals surface area contributed by atoms with Crippen LogP contribution in [0.3, 0.4) is 0 Å². The van der Waals surface area contributed by atoms with Crippen LogP contribution in [0.2, 0.25) is 0 Å². The number of benzene rings is 1. The first-order valence-corrected chi connectivity index (χ1v) is 6.68. The van der Waals surface area contributed by atoms with Crippen LogP contribution in [0.4, 0.5) is 5.69 Å². The molecular formula is C10H6Br3N3. The Morgan fingerprint density at radius 3 is 1.75 bits per heavy atom. The minimum absolute atomic E-state index is 0.286. The number of hydrogen-bond donors (Lipinski definition) is 2. The third-order valence-electron chi connectivity index (χ3n) is 2.09. The van der Waals surface area contributed by atoms with Crippen molar-refractivity contribution in [2.45, 2.75) is 0 Å². The number of nitrogens with zero attached hydrogens (tertiary/aromatic N) is 1. The van der Waals surface area contributed by atoms with Gasteiger partial charge in [-0.3, -0.25) is 15.7 Å². The summed E-state index contributed by atoms with van der Waals surface area (Å²) in [6.45, 7) is 0. The predicted octanol–water partition coefficient (Wildman–Crippen LogP) is 4.30. The first-order chi connectivity index (χ1) is 7.50. The van der Waals surface area contributed by atoms with Gasteiger partial charge in [0.05, 0.1) is 5.69 Å². The van der Waals surface area contributed by atoms with E-state index in [0.29, 0.717) is 0 Å². The monoisotopic (exact) mass is 405 g/mol. The van der Waals surface area contributed by atoms with E-state index >= 15 is 0 Å². The van der Waals surface area contributed by atoms with Crippen LogP contribution >= 0.6 is 47.8 Å². The van der Waals surface area contributed by atoms with E-state index in [9.17, 15) is 0 Å². The van der Waals surface area contributed by atoms with Crippen molar-refractivity contribution in [2.75, 3.05) is 4.90 Å². The van der Waals surface area contributed by atoms with E-state index in [0.717, 1.165) is 19.1 Å². The second kappa shape index (κ2) is 4.43. The minimum atomic E-state index is 0.286. The summed E-state index contributed by atoms with van der Waals surface area (Å²) in [4.78, 5) is 1.56. The minimum Gasteiger partial charge on any atom is -0.284 e. The first-order valence-electron chi connectivity index (χ1n) is 4.30. The molecule has 0 aliphatic carbocycles. The maximum atomic E-state index is 7.77. The van der Waals surface area contributed by atoms with E-state index in [1.165, 1.54) is 0 Å². The van der Waals surface area contributed by atoms with Crippen molar-refractivity contribution in [3.63, 3.8) is 0 Å². The van der Waals surface area contributed by atoms with Crippen molar-refractivity contribution in [1.29, 1.82) is 10.8 Å². The van der Waals surface area contributed by atoms with Gasteiger partial charge in [-0.05, 0) is 56.1 Å². The van der Waals surface area contributed by atoms with Crippen LogP contribution in [-0.2, 0) is 0 Å². The molecule has 6 heteroatoms. The molecule has 0 radical (unpaired) electrons. The van der Waals surface area contributed by atoms with E-state index in [1.54, 1.807) is 17.1 Å². The Labute approximate surface area is 118 Å². The summed E-state index contributed by atoms with van der Waals surface area (Å²) in [7, 11) is 0. The van der Waals surface area contributed by atoms with Crippen molar-refractivity contribution in [1.82, 2.24) is 0 Å². The summed E-state index contributed by atoms with van der Waals surface area (Å²) < 4.78 is 2.58. The highest BCUT2D eigenvalue weighted by molar-refractivity contribution is 9.11. The van der Waals surface area contributed by atoms with Crippen molar-refractivity contribution in [3.05, 3.63) is 37.7 Å². The molecule has 0 fully saturated rings. The first kappa shape index (κ1) is 12.0. The number of amidine groups is 2. The number of anilines is 1. The topological polar surface area (TPSA) is 50.9 Å². The summed E-state index contributed by atoms with van der Waals surface area (Å²) in [6, 6.07) is 3.78. The lowest BCUT2D eigenvalue weighted by molar-refractivity contribution is 1.32. The van der Waals surface area contributed by atoms with Gasteiger partial charge in [0.2, 0.25) is 0 Å². The maximum absolute atomic E-state index is 7.77. The quantitative estimate of drug-likeness (QED) is 0.716. The second-order valence-corrected chi connectivity index (χ2v) is 5.78. The molecule has 0 saturated carbocycles. The SMILES string of the molecule is N=C1C=CC(=N)N1c1c(Br)cc(Br)cc1Br. The molecule has 1 aromatic rings. The molecule has 2 rings (SSSR count). The van der Waals surface area contributed by atoms with Gasteiger partial charge in [0.15, 0.2) is 0 Å². The summed E-state index contributed by atoms with van der Waals surface area (Å²) in [5.74, 6) is 0.572. The molecule has 1 aromatic carbocycles. The molecule has 82 valence electrons. The fourth-order valence-corrected chi connectivity index (χ4v) is 4.04. The molecular weight excluding hydrogens is 402 g/mol. The summed E-state index contributed by atoms with van der Waals surface area (Å²) in [6.07, 6.45) is 3.20. The zero-order valence-electron chi connectivity index (χ0n) is 7.89. The van der Waals surface area contributed by atoms with E-state index in [4.69, 9.17) is 10.8 Å². The van der Waals surface area contributed by atoms with Gasteiger partial charge in [0.25, 0.3) is 0 Å². The average molecular weight is 408 g/mol. The smallest absolute Gasteiger partial charge is 0.131 e. The van der Waals surface area contributed by atoms with Crippen molar-refractivity contribution < 1.29 is 0 Å². The highest BCUT2D eigenvalue weighted by Crippen LogP contribution is 2.38. The third-order valence-corrected chi connectivity index (χ3v) is 3.75. The number of nitrogens with one attached hydrogen (secondary N) is 2. The van der Waals surface area contributed by atoms with Crippen LogP contribution in [0.25, 0.3) is 0 Å². The highest BCUT2D eigenvalue weighted by atomic mass is 79.9. The summed E-state index contributed by atoms with van der Waals surface area (Å²) >= 11 is 10.3. The number of halogens is 3. The van der Waals surface area contributed by atoms with E-state index in [1.807, 2.05) is 12.1 Å². The molecule has 0 bridgehead atoms. The van der Waals surface area contributed by atoms with Gasteiger partial charge >= 0.3 is 0 Å².